The van der Waals surface area contributed by atoms with E-state index in [9.17, 15) is 0 Å². The van der Waals surface area contributed by atoms with Crippen molar-refractivity contribution in [2.75, 3.05) is 21.1 Å². The maximum Gasteiger partial charge on any atom is 0.490 e. The Morgan fingerprint density at radius 1 is 0.909 bits per heavy atom. The predicted molar refractivity (Wildman–Crippen MR) is 40.6 cm³/mol. The van der Waals surface area contributed by atoms with Crippen molar-refractivity contribution in [3.63, 3.8) is 0 Å². The lowest BCUT2D eigenvalue weighted by atomic mass is 9.36. The molecule has 0 aromatic carbocycles. The number of hydrogen-bond donors (Lipinski definition) is 0. The molecule has 0 heterocycles. The average molecular weight is 148 g/mol. The molecule has 0 unspecified atom stereocenters. The second-order valence-electron chi connectivity index (χ2n) is 3.32. The van der Waals surface area contributed by atoms with E-state index in [2.05, 4.69) is 0 Å². The molecule has 0 aliphatic rings. The minimum absolute atomic E-state index is 0.0729. The van der Waals surface area contributed by atoms with Gasteiger partial charge in [-0.25, -0.2) is 15.8 Å². The van der Waals surface area contributed by atoms with Gasteiger partial charge in [0.2, 0.25) is 0 Å². The maximum absolute atomic E-state index is 8.63. The Morgan fingerprint density at radius 2 is 1.18 bits per heavy atom. The molecule has 56 valence electrons. The van der Waals surface area contributed by atoms with Crippen LogP contribution in [0.15, 0.2) is 0 Å². The second kappa shape index (κ2) is 2.62. The SMILES string of the molecule is C[N+](C)(C)[B-](C#N)(C#N)C#N. The zero-order valence-electron chi connectivity index (χ0n) is 6.87. The van der Waals surface area contributed by atoms with Crippen molar-refractivity contribution >= 4 is 6.28 Å². The maximum atomic E-state index is 8.63. The summed E-state index contributed by atoms with van der Waals surface area (Å²) in [5, 5.41) is 25.9. The first kappa shape index (κ1) is 9.49. The summed E-state index contributed by atoms with van der Waals surface area (Å²) in [4.78, 5) is 0. The summed E-state index contributed by atoms with van der Waals surface area (Å²) in [6.45, 7) is 0. The molecule has 0 radical (unpaired) electrons. The highest BCUT2D eigenvalue weighted by Crippen LogP contribution is 2.09. The van der Waals surface area contributed by atoms with E-state index >= 15 is 0 Å². The highest BCUT2D eigenvalue weighted by molar-refractivity contribution is 6.93. The molecule has 0 saturated heterocycles. The molecule has 5 heteroatoms. The van der Waals surface area contributed by atoms with Crippen molar-refractivity contribution in [1.82, 2.24) is 0 Å². The molecule has 0 fully saturated rings. The van der Waals surface area contributed by atoms with E-state index < -0.39 is 6.28 Å². The molecule has 0 rings (SSSR count). The van der Waals surface area contributed by atoms with E-state index in [1.807, 2.05) is 0 Å². The summed E-state index contributed by atoms with van der Waals surface area (Å²) >= 11 is 0. The summed E-state index contributed by atoms with van der Waals surface area (Å²) in [5.41, 5.74) is 0. The molecule has 4 nitrogen and oxygen atoms in total. The second-order valence-corrected chi connectivity index (χ2v) is 3.32. The summed E-state index contributed by atoms with van der Waals surface area (Å²) in [7, 11) is 4.99. The Balaban J connectivity index is 5.16. The monoisotopic (exact) mass is 148 g/mol. The first-order valence-electron chi connectivity index (χ1n) is 3.14. The molecule has 0 bridgehead atoms. The van der Waals surface area contributed by atoms with Crippen LogP contribution >= 0.6 is 0 Å². The molecule has 0 aromatic rings. The predicted octanol–water partition coefficient (Wildman–Crippen LogP) is -0.174. The average Bonchev–Trinajstić information content (AvgIpc) is 1.90. The fourth-order valence-electron chi connectivity index (χ4n) is 0.606. The number of nitriles is 3. The fourth-order valence-corrected chi connectivity index (χ4v) is 0.606. The van der Waals surface area contributed by atoms with Crippen LogP contribution in [-0.2, 0) is 0 Å². The first-order valence-corrected chi connectivity index (χ1v) is 3.14. The van der Waals surface area contributed by atoms with Crippen LogP contribution in [0.5, 0.6) is 0 Å². The molecule has 0 aliphatic heterocycles. The van der Waals surface area contributed by atoms with Crippen LogP contribution in [0, 0.1) is 33.7 Å². The van der Waals surface area contributed by atoms with Crippen LogP contribution in [0.25, 0.3) is 0 Å². The molecule has 0 spiro atoms. The quantitative estimate of drug-likeness (QED) is 0.484. The molecule has 11 heavy (non-hydrogen) atoms. The summed E-state index contributed by atoms with van der Waals surface area (Å²) in [6, 6.07) is 0. The molecule has 0 aliphatic carbocycles. The standard InChI is InChI=1S/C6H9BN4/c1-11(2,3)7(4-8,5-9)6-10/h1-3H3. The third-order valence-corrected chi connectivity index (χ3v) is 1.72. The minimum atomic E-state index is -2.25. The fraction of sp³-hybridized carbons (Fsp3) is 0.500. The molecule has 0 amide bonds. The largest absolute Gasteiger partial charge is 0.490 e. The van der Waals surface area contributed by atoms with Crippen molar-refractivity contribution in [3.05, 3.63) is 0 Å². The van der Waals surface area contributed by atoms with E-state index in [1.54, 1.807) is 39.0 Å². The van der Waals surface area contributed by atoms with Crippen molar-refractivity contribution < 1.29 is 4.39 Å². The molecular weight excluding hydrogens is 139 g/mol. The van der Waals surface area contributed by atoms with E-state index in [-0.39, 0.29) is 4.39 Å². The van der Waals surface area contributed by atoms with Gasteiger partial charge in [0, 0.05) is 21.1 Å². The van der Waals surface area contributed by atoms with Gasteiger partial charge in [-0.2, -0.15) is 0 Å². The highest BCUT2D eigenvalue weighted by Gasteiger charge is 2.40. The van der Waals surface area contributed by atoms with Crippen LogP contribution in [0.2, 0.25) is 0 Å². The van der Waals surface area contributed by atoms with Crippen molar-refractivity contribution in [1.29, 1.82) is 15.8 Å². The Hall–Kier alpha value is -1.51. The van der Waals surface area contributed by atoms with Gasteiger partial charge in [-0.1, -0.05) is 0 Å². The molecule has 0 N–H and O–H groups in total. The summed E-state index contributed by atoms with van der Waals surface area (Å²) < 4.78 is 0.0729. The highest BCUT2D eigenvalue weighted by atomic mass is 15.2. The summed E-state index contributed by atoms with van der Waals surface area (Å²) in [5.74, 6) is 5.30. The number of quaternary nitrogens is 1. The van der Waals surface area contributed by atoms with Crippen molar-refractivity contribution in [2.24, 2.45) is 0 Å². The number of nitrogens with zero attached hydrogens (tertiary/aromatic N) is 4. The van der Waals surface area contributed by atoms with Crippen LogP contribution in [0.1, 0.15) is 0 Å². The van der Waals surface area contributed by atoms with E-state index in [0.29, 0.717) is 0 Å². The van der Waals surface area contributed by atoms with Crippen molar-refractivity contribution in [2.45, 2.75) is 0 Å². The Kier molecular flexibility index (Phi) is 2.26. The smallest absolute Gasteiger partial charge is 0.486 e. The van der Waals surface area contributed by atoms with Crippen LogP contribution in [0.3, 0.4) is 0 Å². The zero-order chi connectivity index (χ0) is 9.12. The summed E-state index contributed by atoms with van der Waals surface area (Å²) in [6.07, 6.45) is -2.25. The van der Waals surface area contributed by atoms with Gasteiger partial charge in [0.25, 0.3) is 0 Å². The van der Waals surface area contributed by atoms with Gasteiger partial charge in [-0.15, -0.1) is 0 Å². The normalized spacial score (nSPS) is 10.9. The first-order chi connectivity index (χ1) is 4.93. The van der Waals surface area contributed by atoms with E-state index in [0.717, 1.165) is 0 Å². The van der Waals surface area contributed by atoms with Crippen LogP contribution in [-0.4, -0.2) is 31.8 Å². The lowest BCUT2D eigenvalue weighted by Crippen LogP contribution is -2.59. The number of rotatable bonds is 1. The lowest BCUT2D eigenvalue weighted by Gasteiger charge is -2.39. The Morgan fingerprint density at radius 3 is 1.18 bits per heavy atom. The molecular formula is C6H9BN4. The molecule has 0 aromatic heterocycles. The Bertz CT molecular complexity index is 233. The van der Waals surface area contributed by atoms with Gasteiger partial charge in [-0.05, 0) is 17.9 Å². The number of hydrogen-bond acceptors (Lipinski definition) is 3. The topological polar surface area (TPSA) is 71.4 Å². The van der Waals surface area contributed by atoms with Gasteiger partial charge in [0.1, 0.15) is 0 Å². The van der Waals surface area contributed by atoms with E-state index in [1.165, 1.54) is 0 Å². The molecule has 0 saturated carbocycles. The van der Waals surface area contributed by atoms with Crippen molar-refractivity contribution in [3.8, 4) is 17.9 Å². The van der Waals surface area contributed by atoms with E-state index in [4.69, 9.17) is 15.8 Å². The Labute approximate surface area is 66.4 Å². The van der Waals surface area contributed by atoms with Gasteiger partial charge in [0.05, 0.1) is 0 Å². The third-order valence-electron chi connectivity index (χ3n) is 1.72. The van der Waals surface area contributed by atoms with Gasteiger partial charge in [0.15, 0.2) is 0 Å². The lowest BCUT2D eigenvalue weighted by molar-refractivity contribution is -0.763. The molecule has 0 atom stereocenters. The van der Waals surface area contributed by atoms with Crippen LogP contribution in [0.4, 0.5) is 0 Å². The minimum Gasteiger partial charge on any atom is -0.486 e. The van der Waals surface area contributed by atoms with Gasteiger partial charge >= 0.3 is 6.28 Å². The zero-order valence-corrected chi connectivity index (χ0v) is 6.87. The van der Waals surface area contributed by atoms with Gasteiger partial charge in [-0.3, -0.25) is 0 Å². The third kappa shape index (κ3) is 1.32. The van der Waals surface area contributed by atoms with Crippen LogP contribution < -0.4 is 0 Å². The van der Waals surface area contributed by atoms with Gasteiger partial charge < -0.3 is 4.39 Å².